The molecule has 1 heterocycles. The van der Waals surface area contributed by atoms with Crippen LogP contribution in [-0.4, -0.2) is 4.98 Å². The van der Waals surface area contributed by atoms with Gasteiger partial charge in [-0.15, -0.1) is 11.3 Å². The van der Waals surface area contributed by atoms with Gasteiger partial charge in [0.1, 0.15) is 5.01 Å². The van der Waals surface area contributed by atoms with Crippen molar-refractivity contribution < 1.29 is 0 Å². The minimum Gasteiger partial charge on any atom is -0.377 e. The van der Waals surface area contributed by atoms with E-state index in [-0.39, 0.29) is 0 Å². The van der Waals surface area contributed by atoms with Crippen molar-refractivity contribution in [2.75, 3.05) is 5.32 Å². The van der Waals surface area contributed by atoms with Gasteiger partial charge < -0.3 is 5.32 Å². The predicted molar refractivity (Wildman–Crippen MR) is 99.0 cm³/mol. The van der Waals surface area contributed by atoms with Crippen LogP contribution in [-0.2, 0) is 6.54 Å². The Hall–Kier alpha value is -1.11. The van der Waals surface area contributed by atoms with E-state index in [0.29, 0.717) is 6.54 Å². The monoisotopic (exact) mass is 426 g/mol. The molecule has 0 atom stereocenters. The Balaban J connectivity index is 1.70. The van der Waals surface area contributed by atoms with Gasteiger partial charge in [0, 0.05) is 14.5 Å². The van der Waals surface area contributed by atoms with E-state index in [1.807, 2.05) is 36.4 Å². The van der Waals surface area contributed by atoms with Crippen LogP contribution in [0.1, 0.15) is 5.01 Å². The van der Waals surface area contributed by atoms with Gasteiger partial charge in [0.15, 0.2) is 0 Å². The fraction of sp³-hybridized carbons (Fsp3) is 0.0625. The molecule has 3 aromatic rings. The fourth-order valence-corrected chi connectivity index (χ4v) is 3.60. The van der Waals surface area contributed by atoms with Crippen LogP contribution in [0.4, 0.5) is 5.69 Å². The third kappa shape index (κ3) is 3.75. The van der Waals surface area contributed by atoms with E-state index in [1.54, 1.807) is 11.3 Å². The smallest absolute Gasteiger partial charge is 0.112 e. The lowest BCUT2D eigenvalue weighted by Crippen LogP contribution is -1.99. The van der Waals surface area contributed by atoms with Crippen molar-refractivity contribution in [2.24, 2.45) is 0 Å². The van der Waals surface area contributed by atoms with Crippen molar-refractivity contribution in [1.29, 1.82) is 0 Å². The maximum atomic E-state index is 6.21. The summed E-state index contributed by atoms with van der Waals surface area (Å²) in [7, 11) is 0. The highest BCUT2D eigenvalue weighted by Crippen LogP contribution is 2.26. The van der Waals surface area contributed by atoms with Gasteiger partial charge in [-0.3, -0.25) is 0 Å². The predicted octanol–water partition coefficient (Wildman–Crippen LogP) is 5.68. The molecule has 0 spiro atoms. The molecule has 3 rings (SSSR count). The molecular weight excluding hydrogens is 415 g/mol. The number of rotatable bonds is 4. The molecule has 2 nitrogen and oxygen atoms in total. The molecule has 0 unspecified atom stereocenters. The van der Waals surface area contributed by atoms with Gasteiger partial charge in [0.25, 0.3) is 0 Å². The molecular formula is C16H12ClIN2S. The average Bonchev–Trinajstić information content (AvgIpc) is 2.96. The summed E-state index contributed by atoms with van der Waals surface area (Å²) < 4.78 is 1.13. The maximum Gasteiger partial charge on any atom is 0.112 e. The number of hydrogen-bond donors (Lipinski definition) is 1. The first-order valence-electron chi connectivity index (χ1n) is 6.41. The summed E-state index contributed by atoms with van der Waals surface area (Å²) in [5.74, 6) is 0. The van der Waals surface area contributed by atoms with Crippen LogP contribution in [0.5, 0.6) is 0 Å². The van der Waals surface area contributed by atoms with E-state index >= 15 is 0 Å². The standard InChI is InChI=1S/C16H12ClIN2S/c17-13-8-12(18)6-7-14(13)19-9-16-20-15(10-21-16)11-4-2-1-3-5-11/h1-8,10,19H,9H2. The lowest BCUT2D eigenvalue weighted by Gasteiger charge is -2.06. The molecule has 0 bridgehead atoms. The van der Waals surface area contributed by atoms with Crippen LogP contribution in [0, 0.1) is 3.57 Å². The average molecular weight is 427 g/mol. The fourth-order valence-electron chi connectivity index (χ4n) is 1.94. The van der Waals surface area contributed by atoms with Crippen molar-refractivity contribution in [3.8, 4) is 11.3 Å². The number of halogens is 2. The van der Waals surface area contributed by atoms with Crippen molar-refractivity contribution in [1.82, 2.24) is 4.98 Å². The zero-order valence-corrected chi connectivity index (χ0v) is 14.7. The first kappa shape index (κ1) is 14.8. The molecule has 0 radical (unpaired) electrons. The van der Waals surface area contributed by atoms with Gasteiger partial charge in [0.2, 0.25) is 0 Å². The molecule has 1 aromatic heterocycles. The molecule has 0 aliphatic rings. The first-order valence-corrected chi connectivity index (χ1v) is 8.75. The second-order valence-electron chi connectivity index (χ2n) is 4.47. The van der Waals surface area contributed by atoms with Crippen molar-refractivity contribution in [3.63, 3.8) is 0 Å². The largest absolute Gasteiger partial charge is 0.377 e. The van der Waals surface area contributed by atoms with Crippen LogP contribution in [0.3, 0.4) is 0 Å². The minimum absolute atomic E-state index is 0.678. The topological polar surface area (TPSA) is 24.9 Å². The summed E-state index contributed by atoms with van der Waals surface area (Å²) in [5.41, 5.74) is 3.10. The van der Waals surface area contributed by atoms with Gasteiger partial charge in [0.05, 0.1) is 22.9 Å². The van der Waals surface area contributed by atoms with Crippen LogP contribution in [0.2, 0.25) is 5.02 Å². The quantitative estimate of drug-likeness (QED) is 0.543. The molecule has 0 aliphatic heterocycles. The Morgan fingerprint density at radius 2 is 1.95 bits per heavy atom. The summed E-state index contributed by atoms with van der Waals surface area (Å²) in [6, 6.07) is 16.2. The molecule has 1 N–H and O–H groups in total. The van der Waals surface area contributed by atoms with E-state index < -0.39 is 0 Å². The van der Waals surface area contributed by atoms with E-state index in [4.69, 9.17) is 11.6 Å². The molecule has 21 heavy (non-hydrogen) atoms. The first-order chi connectivity index (χ1) is 10.2. The van der Waals surface area contributed by atoms with Crippen LogP contribution in [0.25, 0.3) is 11.3 Å². The summed E-state index contributed by atoms with van der Waals surface area (Å²) in [6.45, 7) is 0.678. The highest BCUT2D eigenvalue weighted by molar-refractivity contribution is 14.1. The Bertz CT molecular complexity index is 743. The molecule has 5 heteroatoms. The zero-order chi connectivity index (χ0) is 14.7. The SMILES string of the molecule is Clc1cc(I)ccc1NCc1nc(-c2ccccc2)cs1. The summed E-state index contributed by atoms with van der Waals surface area (Å²) in [5, 5.41) is 7.20. The van der Waals surface area contributed by atoms with Crippen molar-refractivity contribution >= 4 is 51.2 Å². The van der Waals surface area contributed by atoms with Gasteiger partial charge in [-0.2, -0.15) is 0 Å². The number of thiazole rings is 1. The van der Waals surface area contributed by atoms with Crippen LogP contribution in [0.15, 0.2) is 53.9 Å². The summed E-state index contributed by atoms with van der Waals surface area (Å²) in [4.78, 5) is 4.65. The molecule has 106 valence electrons. The maximum absolute atomic E-state index is 6.21. The van der Waals surface area contributed by atoms with Crippen LogP contribution >= 0.6 is 45.5 Å². The van der Waals surface area contributed by atoms with Crippen molar-refractivity contribution in [3.05, 3.63) is 67.5 Å². The lowest BCUT2D eigenvalue weighted by molar-refractivity contribution is 1.11. The third-order valence-electron chi connectivity index (χ3n) is 2.98. The van der Waals surface area contributed by atoms with Gasteiger partial charge in [-0.1, -0.05) is 41.9 Å². The Morgan fingerprint density at radius 3 is 2.71 bits per heavy atom. The number of nitrogens with one attached hydrogen (secondary N) is 1. The molecule has 0 fully saturated rings. The number of benzene rings is 2. The number of hydrogen-bond acceptors (Lipinski definition) is 3. The Kier molecular flexibility index (Phi) is 4.77. The Morgan fingerprint density at radius 1 is 1.14 bits per heavy atom. The van der Waals surface area contributed by atoms with E-state index in [1.165, 1.54) is 0 Å². The lowest BCUT2D eigenvalue weighted by atomic mass is 10.2. The molecule has 0 saturated carbocycles. The number of nitrogens with zero attached hydrogens (tertiary/aromatic N) is 1. The highest BCUT2D eigenvalue weighted by atomic mass is 127. The van der Waals surface area contributed by atoms with Crippen molar-refractivity contribution in [2.45, 2.75) is 6.54 Å². The molecule has 0 amide bonds. The third-order valence-corrected chi connectivity index (χ3v) is 4.82. The number of anilines is 1. The van der Waals surface area contributed by atoms with E-state index in [9.17, 15) is 0 Å². The highest BCUT2D eigenvalue weighted by Gasteiger charge is 2.05. The number of aromatic nitrogens is 1. The van der Waals surface area contributed by atoms with Gasteiger partial charge >= 0.3 is 0 Å². The van der Waals surface area contributed by atoms with Crippen LogP contribution < -0.4 is 5.32 Å². The summed E-state index contributed by atoms with van der Waals surface area (Å²) >= 11 is 10.1. The van der Waals surface area contributed by atoms with Gasteiger partial charge in [-0.25, -0.2) is 4.98 Å². The second kappa shape index (κ2) is 6.77. The van der Waals surface area contributed by atoms with E-state index in [2.05, 4.69) is 50.4 Å². The molecule has 0 saturated heterocycles. The summed E-state index contributed by atoms with van der Waals surface area (Å²) in [6.07, 6.45) is 0. The van der Waals surface area contributed by atoms with E-state index in [0.717, 1.165) is 30.5 Å². The Labute approximate surface area is 146 Å². The second-order valence-corrected chi connectivity index (χ2v) is 7.07. The van der Waals surface area contributed by atoms with Gasteiger partial charge in [-0.05, 0) is 40.8 Å². The molecule has 0 aliphatic carbocycles. The minimum atomic E-state index is 0.678. The zero-order valence-electron chi connectivity index (χ0n) is 11.0. The normalized spacial score (nSPS) is 10.6. The molecule has 2 aromatic carbocycles.